The number of hydrogen-bond acceptors (Lipinski definition) is 3. The molecule has 1 aromatic carbocycles. The number of rotatable bonds is 4. The monoisotopic (exact) mass is 288 g/mol. The van der Waals surface area contributed by atoms with Crippen LogP contribution in [0.3, 0.4) is 0 Å². The molecule has 0 spiro atoms. The van der Waals surface area contributed by atoms with Crippen LogP contribution in [0.5, 0.6) is 5.75 Å². The van der Waals surface area contributed by atoms with Crippen molar-refractivity contribution < 1.29 is 9.53 Å². The Kier molecular flexibility index (Phi) is 4.32. The summed E-state index contributed by atoms with van der Waals surface area (Å²) < 4.78 is 5.91. The van der Waals surface area contributed by atoms with E-state index in [9.17, 15) is 4.79 Å². The summed E-state index contributed by atoms with van der Waals surface area (Å²) in [4.78, 5) is 12.2. The van der Waals surface area contributed by atoms with Crippen molar-refractivity contribution in [1.82, 2.24) is 5.32 Å². The van der Waals surface area contributed by atoms with Gasteiger partial charge in [0.15, 0.2) is 6.10 Å². The normalized spacial score (nSPS) is 19.5. The third-order valence-electron chi connectivity index (χ3n) is 4.41. The zero-order valence-corrected chi connectivity index (χ0v) is 12.7. The van der Waals surface area contributed by atoms with Gasteiger partial charge in [-0.05, 0) is 44.2 Å². The van der Waals surface area contributed by atoms with E-state index in [0.29, 0.717) is 6.04 Å². The summed E-state index contributed by atoms with van der Waals surface area (Å²) in [5, 5.41) is 6.49. The number of aryl methyl sites for hydroxylation is 1. The lowest BCUT2D eigenvalue weighted by Gasteiger charge is -2.23. The number of para-hydroxylation sites is 1. The molecule has 0 bridgehead atoms. The molecule has 0 aromatic heterocycles. The fourth-order valence-electron chi connectivity index (χ4n) is 3.21. The van der Waals surface area contributed by atoms with Crippen LogP contribution in [0.25, 0.3) is 0 Å². The topological polar surface area (TPSA) is 50.4 Å². The van der Waals surface area contributed by atoms with Crippen LogP contribution in [-0.4, -0.2) is 24.6 Å². The number of nitrogens with one attached hydrogen (secondary N) is 2. The fraction of sp³-hybridized carbons (Fsp3) is 0.588. The number of amides is 1. The molecule has 3 rings (SSSR count). The molecule has 1 aliphatic heterocycles. The molecule has 4 heteroatoms. The van der Waals surface area contributed by atoms with Gasteiger partial charge in [0.25, 0.3) is 5.91 Å². The van der Waals surface area contributed by atoms with Crippen LogP contribution >= 0.6 is 0 Å². The number of benzene rings is 1. The van der Waals surface area contributed by atoms with E-state index >= 15 is 0 Å². The van der Waals surface area contributed by atoms with Crippen LogP contribution in [0.15, 0.2) is 18.2 Å². The van der Waals surface area contributed by atoms with Crippen LogP contribution in [0.2, 0.25) is 0 Å². The standard InChI is InChI=1S/C17H24N2O2/c1-12(17(20)19-14-8-2-3-9-14)21-15-10-4-6-13-7-5-11-18-16(13)15/h4,6,10,12,14,18H,2-3,5,7-9,11H2,1H3,(H,19,20). The highest BCUT2D eigenvalue weighted by atomic mass is 16.5. The predicted molar refractivity (Wildman–Crippen MR) is 83.7 cm³/mol. The van der Waals surface area contributed by atoms with Crippen molar-refractivity contribution in [2.75, 3.05) is 11.9 Å². The lowest BCUT2D eigenvalue weighted by atomic mass is 10.0. The smallest absolute Gasteiger partial charge is 0.260 e. The number of anilines is 1. The molecule has 1 atom stereocenters. The van der Waals surface area contributed by atoms with Gasteiger partial charge in [0.1, 0.15) is 5.75 Å². The van der Waals surface area contributed by atoms with E-state index < -0.39 is 6.10 Å². The maximum absolute atomic E-state index is 12.2. The van der Waals surface area contributed by atoms with Gasteiger partial charge in [-0.3, -0.25) is 4.79 Å². The third kappa shape index (κ3) is 3.31. The Balaban J connectivity index is 1.64. The van der Waals surface area contributed by atoms with Gasteiger partial charge in [0.2, 0.25) is 0 Å². The Morgan fingerprint density at radius 2 is 2.14 bits per heavy atom. The van der Waals surface area contributed by atoms with Crippen molar-refractivity contribution in [2.45, 2.75) is 57.6 Å². The maximum atomic E-state index is 12.2. The highest BCUT2D eigenvalue weighted by Gasteiger charge is 2.23. The number of hydrogen-bond donors (Lipinski definition) is 2. The number of fused-ring (bicyclic) bond motifs is 1. The first-order chi connectivity index (χ1) is 10.2. The van der Waals surface area contributed by atoms with Crippen molar-refractivity contribution in [3.63, 3.8) is 0 Å². The van der Waals surface area contributed by atoms with Crippen LogP contribution in [0, 0.1) is 0 Å². The number of carbonyl (C=O) groups is 1. The highest BCUT2D eigenvalue weighted by Crippen LogP contribution is 2.32. The van der Waals surface area contributed by atoms with Crippen molar-refractivity contribution in [3.05, 3.63) is 23.8 Å². The average Bonchev–Trinajstić information content (AvgIpc) is 3.00. The molecule has 114 valence electrons. The Bertz CT molecular complexity index is 510. The largest absolute Gasteiger partial charge is 0.479 e. The maximum Gasteiger partial charge on any atom is 0.260 e. The summed E-state index contributed by atoms with van der Waals surface area (Å²) >= 11 is 0. The first-order valence-electron chi connectivity index (χ1n) is 8.07. The summed E-state index contributed by atoms with van der Waals surface area (Å²) in [7, 11) is 0. The molecule has 21 heavy (non-hydrogen) atoms. The van der Waals surface area contributed by atoms with Gasteiger partial charge in [-0.1, -0.05) is 25.0 Å². The van der Waals surface area contributed by atoms with Gasteiger partial charge < -0.3 is 15.4 Å². The second-order valence-corrected chi connectivity index (χ2v) is 6.07. The molecule has 1 amide bonds. The molecule has 2 N–H and O–H groups in total. The summed E-state index contributed by atoms with van der Waals surface area (Å²) in [6.07, 6.45) is 6.39. The Morgan fingerprint density at radius 3 is 2.95 bits per heavy atom. The first kappa shape index (κ1) is 14.2. The molecule has 1 aromatic rings. The Morgan fingerprint density at radius 1 is 1.33 bits per heavy atom. The van der Waals surface area contributed by atoms with Crippen LogP contribution in [0.4, 0.5) is 5.69 Å². The summed E-state index contributed by atoms with van der Waals surface area (Å²) in [6, 6.07) is 6.41. The van der Waals surface area contributed by atoms with Crippen LogP contribution in [0.1, 0.15) is 44.6 Å². The van der Waals surface area contributed by atoms with Crippen molar-refractivity contribution in [2.24, 2.45) is 0 Å². The van der Waals surface area contributed by atoms with Gasteiger partial charge in [-0.15, -0.1) is 0 Å². The molecule has 4 nitrogen and oxygen atoms in total. The molecule has 1 fully saturated rings. The Labute approximate surface area is 126 Å². The van der Waals surface area contributed by atoms with Gasteiger partial charge in [-0.2, -0.15) is 0 Å². The SMILES string of the molecule is CC(Oc1cccc2c1NCCC2)C(=O)NC1CCCC1. The molecular weight excluding hydrogens is 264 g/mol. The number of ether oxygens (including phenoxy) is 1. The van der Waals surface area contributed by atoms with E-state index in [1.165, 1.54) is 18.4 Å². The average molecular weight is 288 g/mol. The van der Waals surface area contributed by atoms with E-state index in [1.54, 1.807) is 0 Å². The second-order valence-electron chi connectivity index (χ2n) is 6.07. The Hall–Kier alpha value is -1.71. The summed E-state index contributed by atoms with van der Waals surface area (Å²) in [5.74, 6) is 0.789. The predicted octanol–water partition coefficient (Wildman–Crippen LogP) is 2.87. The summed E-state index contributed by atoms with van der Waals surface area (Å²) in [6.45, 7) is 2.79. The minimum absolute atomic E-state index is 0.00434. The van der Waals surface area contributed by atoms with E-state index in [4.69, 9.17) is 4.74 Å². The van der Waals surface area contributed by atoms with Crippen LogP contribution < -0.4 is 15.4 Å². The van der Waals surface area contributed by atoms with Gasteiger partial charge >= 0.3 is 0 Å². The summed E-state index contributed by atoms with van der Waals surface area (Å²) in [5.41, 5.74) is 2.34. The van der Waals surface area contributed by atoms with Gasteiger partial charge in [-0.25, -0.2) is 0 Å². The molecule has 1 heterocycles. The lowest BCUT2D eigenvalue weighted by molar-refractivity contribution is -0.127. The zero-order valence-electron chi connectivity index (χ0n) is 12.7. The minimum atomic E-state index is -0.458. The van der Waals surface area contributed by atoms with Crippen molar-refractivity contribution in [1.29, 1.82) is 0 Å². The second kappa shape index (κ2) is 6.37. The lowest BCUT2D eigenvalue weighted by Crippen LogP contribution is -2.41. The first-order valence-corrected chi connectivity index (χ1v) is 8.07. The zero-order chi connectivity index (χ0) is 14.7. The third-order valence-corrected chi connectivity index (χ3v) is 4.41. The highest BCUT2D eigenvalue weighted by molar-refractivity contribution is 5.81. The molecule has 2 aliphatic rings. The van der Waals surface area contributed by atoms with Gasteiger partial charge in [0, 0.05) is 12.6 Å². The van der Waals surface area contributed by atoms with Crippen molar-refractivity contribution >= 4 is 11.6 Å². The molecule has 1 unspecified atom stereocenters. The van der Waals surface area contributed by atoms with Crippen molar-refractivity contribution in [3.8, 4) is 5.75 Å². The van der Waals surface area contributed by atoms with E-state index in [1.807, 2.05) is 19.1 Å². The minimum Gasteiger partial charge on any atom is -0.479 e. The molecular formula is C17H24N2O2. The number of carbonyl (C=O) groups excluding carboxylic acids is 1. The molecule has 1 saturated carbocycles. The van der Waals surface area contributed by atoms with E-state index in [0.717, 1.165) is 43.7 Å². The quantitative estimate of drug-likeness (QED) is 0.895. The van der Waals surface area contributed by atoms with Crippen LogP contribution in [-0.2, 0) is 11.2 Å². The van der Waals surface area contributed by atoms with E-state index in [2.05, 4.69) is 16.7 Å². The van der Waals surface area contributed by atoms with Gasteiger partial charge in [0.05, 0.1) is 5.69 Å². The fourth-order valence-corrected chi connectivity index (χ4v) is 3.21. The molecule has 1 aliphatic carbocycles. The van der Waals surface area contributed by atoms with E-state index in [-0.39, 0.29) is 5.91 Å². The molecule has 0 saturated heterocycles. The molecule has 0 radical (unpaired) electrons.